The Bertz CT molecular complexity index is 203. The fraction of sp³-hybridized carbons (Fsp3) is 0.867. The van der Waals surface area contributed by atoms with Gasteiger partial charge in [0.25, 0.3) is 0 Å². The van der Waals surface area contributed by atoms with Gasteiger partial charge in [0.1, 0.15) is 0 Å². The largest absolute Gasteiger partial charge is 0.388 e. The molecule has 16 heavy (non-hydrogen) atoms. The van der Waals surface area contributed by atoms with Gasteiger partial charge in [0, 0.05) is 6.04 Å². The van der Waals surface area contributed by atoms with Gasteiger partial charge in [-0.3, -0.25) is 0 Å². The van der Waals surface area contributed by atoms with Crippen molar-refractivity contribution in [2.45, 2.75) is 67.3 Å². The van der Waals surface area contributed by atoms with Gasteiger partial charge in [-0.1, -0.05) is 46.6 Å². The fourth-order valence-corrected chi connectivity index (χ4v) is 1.87. The van der Waals surface area contributed by atoms with E-state index in [0.29, 0.717) is 12.0 Å². The van der Waals surface area contributed by atoms with Gasteiger partial charge in [-0.15, -0.1) is 0 Å². The minimum absolute atomic E-state index is 0.584. The molecule has 0 bridgehead atoms. The van der Waals surface area contributed by atoms with Crippen LogP contribution in [0.15, 0.2) is 11.8 Å². The lowest BCUT2D eigenvalue weighted by Gasteiger charge is -2.23. The van der Waals surface area contributed by atoms with Crippen LogP contribution in [0.25, 0.3) is 0 Å². The molecule has 0 saturated carbocycles. The molecule has 0 heterocycles. The van der Waals surface area contributed by atoms with E-state index in [0.717, 1.165) is 11.8 Å². The highest BCUT2D eigenvalue weighted by Gasteiger charge is 2.14. The zero-order valence-corrected chi connectivity index (χ0v) is 12.3. The first-order valence-electron chi connectivity index (χ1n) is 6.81. The van der Waals surface area contributed by atoms with Gasteiger partial charge in [-0.05, 0) is 44.2 Å². The maximum atomic E-state index is 3.52. The molecule has 0 aromatic rings. The molecule has 0 radical (unpaired) electrons. The van der Waals surface area contributed by atoms with Crippen LogP contribution >= 0.6 is 0 Å². The summed E-state index contributed by atoms with van der Waals surface area (Å²) in [4.78, 5) is 0. The maximum Gasteiger partial charge on any atom is 0.0230 e. The van der Waals surface area contributed by atoms with Crippen molar-refractivity contribution in [2.24, 2.45) is 17.8 Å². The first-order valence-corrected chi connectivity index (χ1v) is 6.81. The van der Waals surface area contributed by atoms with Crippen LogP contribution in [-0.4, -0.2) is 6.04 Å². The lowest BCUT2D eigenvalue weighted by Crippen LogP contribution is -2.26. The summed E-state index contributed by atoms with van der Waals surface area (Å²) in [7, 11) is 0. The van der Waals surface area contributed by atoms with E-state index in [-0.39, 0.29) is 0 Å². The predicted molar refractivity (Wildman–Crippen MR) is 74.4 cm³/mol. The number of hydrogen-bond acceptors (Lipinski definition) is 1. The van der Waals surface area contributed by atoms with Crippen LogP contribution < -0.4 is 5.32 Å². The van der Waals surface area contributed by atoms with Crippen molar-refractivity contribution in [1.82, 2.24) is 5.32 Å². The van der Waals surface area contributed by atoms with Gasteiger partial charge in [0.15, 0.2) is 0 Å². The number of nitrogens with one attached hydrogen (secondary N) is 1. The maximum absolute atomic E-state index is 3.52. The van der Waals surface area contributed by atoms with E-state index in [1.165, 1.54) is 18.4 Å². The fourth-order valence-electron chi connectivity index (χ4n) is 1.87. The molecule has 1 heteroatoms. The van der Waals surface area contributed by atoms with Crippen LogP contribution in [0.3, 0.4) is 0 Å². The normalized spacial score (nSPS) is 16.7. The Labute approximate surface area is 103 Å². The molecule has 0 aliphatic carbocycles. The lowest BCUT2D eigenvalue weighted by molar-refractivity contribution is 0.318. The van der Waals surface area contributed by atoms with Crippen LogP contribution in [0.5, 0.6) is 0 Å². The molecular formula is C15H31N. The summed E-state index contributed by atoms with van der Waals surface area (Å²) in [6.07, 6.45) is 4.76. The lowest BCUT2D eigenvalue weighted by atomic mass is 9.87. The second kappa shape index (κ2) is 7.76. The van der Waals surface area contributed by atoms with E-state index in [1.54, 1.807) is 0 Å². The highest BCUT2D eigenvalue weighted by atomic mass is 14.9. The molecule has 0 aliphatic rings. The average Bonchev–Trinajstić information content (AvgIpc) is 2.21. The molecular weight excluding hydrogens is 194 g/mol. The molecule has 0 rings (SSSR count). The van der Waals surface area contributed by atoms with E-state index in [1.807, 2.05) is 0 Å². The van der Waals surface area contributed by atoms with E-state index in [4.69, 9.17) is 0 Å². The van der Waals surface area contributed by atoms with Crippen LogP contribution in [0, 0.1) is 17.8 Å². The second-order valence-corrected chi connectivity index (χ2v) is 5.76. The Balaban J connectivity index is 4.07. The molecule has 0 fully saturated rings. The molecule has 2 atom stereocenters. The zero-order chi connectivity index (χ0) is 12.7. The molecule has 0 spiro atoms. The summed E-state index contributed by atoms with van der Waals surface area (Å²) >= 11 is 0. The van der Waals surface area contributed by atoms with Gasteiger partial charge in [0.05, 0.1) is 0 Å². The van der Waals surface area contributed by atoms with Gasteiger partial charge < -0.3 is 5.32 Å². The van der Waals surface area contributed by atoms with Crippen LogP contribution in [0.1, 0.15) is 61.3 Å². The molecule has 0 aromatic heterocycles. The quantitative estimate of drug-likeness (QED) is 0.668. The van der Waals surface area contributed by atoms with Crippen LogP contribution in [0.2, 0.25) is 0 Å². The third-order valence-electron chi connectivity index (χ3n) is 3.63. The minimum atomic E-state index is 0.584. The summed E-state index contributed by atoms with van der Waals surface area (Å²) in [5.74, 6) is 2.28. The molecule has 0 aromatic carbocycles. The Hall–Kier alpha value is -0.460. The van der Waals surface area contributed by atoms with Crippen molar-refractivity contribution in [1.29, 1.82) is 0 Å². The summed E-state index contributed by atoms with van der Waals surface area (Å²) in [5.41, 5.74) is 1.43. The van der Waals surface area contributed by atoms with Crippen molar-refractivity contribution >= 4 is 0 Å². The molecule has 1 N–H and O–H groups in total. The van der Waals surface area contributed by atoms with E-state index >= 15 is 0 Å². The third kappa shape index (κ3) is 6.19. The molecule has 2 unspecified atom stereocenters. The smallest absolute Gasteiger partial charge is 0.0230 e. The summed E-state index contributed by atoms with van der Waals surface area (Å²) in [5, 5.41) is 3.52. The molecule has 1 nitrogen and oxygen atoms in total. The van der Waals surface area contributed by atoms with Gasteiger partial charge >= 0.3 is 0 Å². The molecule has 0 amide bonds. The summed E-state index contributed by atoms with van der Waals surface area (Å²) in [6, 6.07) is 0.584. The van der Waals surface area contributed by atoms with Gasteiger partial charge in [0.2, 0.25) is 0 Å². The Morgan fingerprint density at radius 3 is 2.06 bits per heavy atom. The van der Waals surface area contributed by atoms with Crippen molar-refractivity contribution in [2.75, 3.05) is 0 Å². The van der Waals surface area contributed by atoms with Crippen LogP contribution in [0.4, 0.5) is 0 Å². The topological polar surface area (TPSA) is 12.0 Å². The predicted octanol–water partition coefficient (Wildman–Crippen LogP) is 4.60. The van der Waals surface area contributed by atoms with Crippen molar-refractivity contribution in [3.05, 3.63) is 11.8 Å². The zero-order valence-electron chi connectivity index (χ0n) is 12.3. The Morgan fingerprint density at radius 2 is 1.69 bits per heavy atom. The first kappa shape index (κ1) is 15.5. The van der Waals surface area contributed by atoms with E-state index < -0.39 is 0 Å². The Morgan fingerprint density at radius 1 is 1.12 bits per heavy atom. The van der Waals surface area contributed by atoms with Crippen molar-refractivity contribution < 1.29 is 0 Å². The van der Waals surface area contributed by atoms with Crippen LogP contribution in [-0.2, 0) is 0 Å². The molecule has 0 saturated heterocycles. The standard InChI is InChI=1S/C15H31N/c1-8-15(12(4)5)9-14(7)16-10-13(6)11(2)3/h10-12,14-16H,8-9H2,1-7H3/b13-10+. The number of allylic oxidation sites excluding steroid dienone is 1. The van der Waals surface area contributed by atoms with E-state index in [2.05, 4.69) is 60.0 Å². The molecule has 96 valence electrons. The monoisotopic (exact) mass is 225 g/mol. The third-order valence-corrected chi connectivity index (χ3v) is 3.63. The SMILES string of the molecule is CCC(CC(C)N/C=C(\C)C(C)C)C(C)C. The minimum Gasteiger partial charge on any atom is -0.388 e. The van der Waals surface area contributed by atoms with Gasteiger partial charge in [-0.2, -0.15) is 0 Å². The van der Waals surface area contributed by atoms with Gasteiger partial charge in [-0.25, -0.2) is 0 Å². The number of hydrogen-bond donors (Lipinski definition) is 1. The Kier molecular flexibility index (Phi) is 7.53. The summed E-state index contributed by atoms with van der Waals surface area (Å²) < 4.78 is 0. The first-order chi connectivity index (χ1) is 7.38. The molecule has 0 aliphatic heterocycles. The highest BCUT2D eigenvalue weighted by Crippen LogP contribution is 2.20. The summed E-state index contributed by atoms with van der Waals surface area (Å²) in [6.45, 7) is 15.9. The average molecular weight is 225 g/mol. The highest BCUT2D eigenvalue weighted by molar-refractivity contribution is 5.00. The van der Waals surface area contributed by atoms with E-state index in [9.17, 15) is 0 Å². The van der Waals surface area contributed by atoms with Crippen molar-refractivity contribution in [3.8, 4) is 0 Å². The van der Waals surface area contributed by atoms with Crippen molar-refractivity contribution in [3.63, 3.8) is 0 Å². The number of rotatable bonds is 7. The second-order valence-electron chi connectivity index (χ2n) is 5.76.